The van der Waals surface area contributed by atoms with Crippen LogP contribution in [0.1, 0.15) is 0 Å². The van der Waals surface area contributed by atoms with Gasteiger partial charge < -0.3 is 15.4 Å². The molecule has 0 fully saturated rings. The second-order valence-corrected chi connectivity index (χ2v) is 2.49. The van der Waals surface area contributed by atoms with Crippen LogP contribution in [0.15, 0.2) is 17.3 Å². The number of rotatable bonds is 4. The molecule has 80 valence electrons. The molecular weight excluding hydrogens is 206 g/mol. The largest absolute Gasteiger partial charge is 0.761 e. The molecule has 0 saturated heterocycles. The highest BCUT2D eigenvalue weighted by atomic mass is 16.6. The van der Waals surface area contributed by atoms with Gasteiger partial charge in [0, 0.05) is 12.1 Å². The Morgan fingerprint density at radius 1 is 1.53 bits per heavy atom. The molecular formula is C7H6N3O5-. The summed E-state index contributed by atoms with van der Waals surface area (Å²) in [4.78, 5) is 20.1. The molecule has 0 spiro atoms. The van der Waals surface area contributed by atoms with E-state index in [4.69, 9.17) is 0 Å². The van der Waals surface area contributed by atoms with E-state index in [1.165, 1.54) is 12.6 Å². The quantitative estimate of drug-likeness (QED) is 0.462. The number of methoxy groups -OCH3 is 1. The molecule has 0 amide bonds. The second kappa shape index (κ2) is 4.33. The Morgan fingerprint density at radius 2 is 2.20 bits per heavy atom. The molecule has 15 heavy (non-hydrogen) atoms. The van der Waals surface area contributed by atoms with Crippen LogP contribution in [-0.2, 0) is 0 Å². The number of hydrogen-bond donors (Lipinski definition) is 1. The van der Waals surface area contributed by atoms with Crippen molar-refractivity contribution < 1.29 is 9.66 Å². The molecule has 8 heteroatoms. The standard InChI is InChI=1S/C7H6N3O5/c1-15-7-3-5(9-12)4(8-11)2-6(7)10(13)14/h2-3,8H,1H3/q-1. The zero-order valence-electron chi connectivity index (χ0n) is 7.59. The lowest BCUT2D eigenvalue weighted by atomic mass is 10.2. The average Bonchev–Trinajstić information content (AvgIpc) is 2.26. The van der Waals surface area contributed by atoms with E-state index in [1.807, 2.05) is 0 Å². The normalized spacial score (nSPS) is 9.47. The van der Waals surface area contributed by atoms with Crippen LogP contribution in [-0.4, -0.2) is 12.0 Å². The number of nitro benzene ring substituents is 1. The fourth-order valence-electron chi connectivity index (χ4n) is 1.02. The number of ether oxygens (including phenoxy) is 1. The van der Waals surface area contributed by atoms with Gasteiger partial charge in [0.25, 0.3) is 0 Å². The molecule has 1 N–H and O–H groups in total. The van der Waals surface area contributed by atoms with Crippen LogP contribution in [0.2, 0.25) is 0 Å². The molecule has 1 aromatic carbocycles. The topological polar surface area (TPSA) is 117 Å². The first-order valence-corrected chi connectivity index (χ1v) is 3.72. The van der Waals surface area contributed by atoms with E-state index in [1.54, 1.807) is 0 Å². The third kappa shape index (κ3) is 1.99. The lowest BCUT2D eigenvalue weighted by Crippen LogP contribution is -1.95. The van der Waals surface area contributed by atoms with Gasteiger partial charge in [-0.15, -0.1) is 4.91 Å². The summed E-state index contributed by atoms with van der Waals surface area (Å²) < 4.78 is 4.68. The van der Waals surface area contributed by atoms with E-state index >= 15 is 0 Å². The van der Waals surface area contributed by atoms with Crippen LogP contribution < -0.4 is 10.2 Å². The predicted molar refractivity (Wildman–Crippen MR) is 52.1 cm³/mol. The van der Waals surface area contributed by atoms with Gasteiger partial charge in [0.05, 0.1) is 17.7 Å². The smallest absolute Gasteiger partial charge is 0.313 e. The lowest BCUT2D eigenvalue weighted by molar-refractivity contribution is -0.385. The maximum absolute atomic E-state index is 10.5. The van der Waals surface area contributed by atoms with Crippen LogP contribution in [0, 0.1) is 20.2 Å². The van der Waals surface area contributed by atoms with Crippen molar-refractivity contribution in [1.82, 2.24) is 0 Å². The number of anilines is 1. The van der Waals surface area contributed by atoms with Crippen LogP contribution in [0.3, 0.4) is 0 Å². The Kier molecular flexibility index (Phi) is 3.13. The molecule has 0 unspecified atom stereocenters. The van der Waals surface area contributed by atoms with Crippen LogP contribution in [0.4, 0.5) is 17.1 Å². The maximum Gasteiger partial charge on any atom is 0.313 e. The number of nitro groups is 1. The first-order chi connectivity index (χ1) is 7.13. The Hall–Kier alpha value is -2.22. The van der Waals surface area contributed by atoms with Gasteiger partial charge in [0.2, 0.25) is 0 Å². The number of nitrogens with one attached hydrogen (secondary N) is 1. The first-order valence-electron chi connectivity index (χ1n) is 3.72. The Bertz CT molecular complexity index is 406. The first kappa shape index (κ1) is 10.9. The van der Waals surface area contributed by atoms with Crippen molar-refractivity contribution in [2.75, 3.05) is 12.6 Å². The summed E-state index contributed by atoms with van der Waals surface area (Å²) in [6, 6.07) is 1.91. The fraction of sp³-hybridized carbons (Fsp3) is 0.143. The summed E-state index contributed by atoms with van der Waals surface area (Å²) in [5.74, 6) is -0.131. The summed E-state index contributed by atoms with van der Waals surface area (Å²) in [7, 11) is 1.21. The van der Waals surface area contributed by atoms with Crippen molar-refractivity contribution in [3.8, 4) is 5.75 Å². The number of benzene rings is 1. The third-order valence-corrected chi connectivity index (χ3v) is 1.70. The highest BCUT2D eigenvalue weighted by molar-refractivity contribution is 5.73. The summed E-state index contributed by atoms with van der Waals surface area (Å²) in [5.41, 5.74) is 0.466. The van der Waals surface area contributed by atoms with E-state index < -0.39 is 10.6 Å². The molecule has 8 nitrogen and oxygen atoms in total. The van der Waals surface area contributed by atoms with Crippen molar-refractivity contribution in [2.24, 2.45) is 5.18 Å². The minimum atomic E-state index is -0.728. The number of nitroso groups, excluding NO2 is 1. The monoisotopic (exact) mass is 212 g/mol. The summed E-state index contributed by atoms with van der Waals surface area (Å²) in [6.45, 7) is 0. The number of nitrogens with zero attached hydrogens (tertiary/aromatic N) is 2. The summed E-state index contributed by atoms with van der Waals surface area (Å²) in [5, 5.41) is 23.4. The number of hydrogen-bond acceptors (Lipinski definition) is 7. The Balaban J connectivity index is 3.40. The van der Waals surface area contributed by atoms with Crippen LogP contribution >= 0.6 is 0 Å². The molecule has 0 bridgehead atoms. The van der Waals surface area contributed by atoms with Gasteiger partial charge in [-0.2, -0.15) is 0 Å². The van der Waals surface area contributed by atoms with E-state index in [0.717, 1.165) is 12.1 Å². The highest BCUT2D eigenvalue weighted by Gasteiger charge is 2.18. The van der Waals surface area contributed by atoms with Crippen molar-refractivity contribution >= 4 is 17.1 Å². The van der Waals surface area contributed by atoms with Gasteiger partial charge in [0.1, 0.15) is 5.69 Å². The van der Waals surface area contributed by atoms with Gasteiger partial charge in [0.15, 0.2) is 5.75 Å². The van der Waals surface area contributed by atoms with Gasteiger partial charge >= 0.3 is 5.69 Å². The zero-order chi connectivity index (χ0) is 11.4. The predicted octanol–water partition coefficient (Wildman–Crippen LogP) is 1.91. The van der Waals surface area contributed by atoms with Gasteiger partial charge in [-0.3, -0.25) is 10.1 Å². The fourth-order valence-corrected chi connectivity index (χ4v) is 1.02. The minimum Gasteiger partial charge on any atom is -0.761 e. The van der Waals surface area contributed by atoms with Crippen molar-refractivity contribution in [3.05, 3.63) is 32.4 Å². The molecule has 0 aliphatic rings. The van der Waals surface area contributed by atoms with Gasteiger partial charge in [-0.1, -0.05) is 0 Å². The van der Waals surface area contributed by atoms with Gasteiger partial charge in [-0.05, 0) is 5.18 Å². The van der Waals surface area contributed by atoms with E-state index in [9.17, 15) is 20.2 Å². The van der Waals surface area contributed by atoms with Crippen LogP contribution in [0.5, 0.6) is 5.75 Å². The summed E-state index contributed by atoms with van der Waals surface area (Å²) >= 11 is 0. The molecule has 0 aliphatic heterocycles. The Labute approximate surface area is 83.6 Å². The molecule has 0 atom stereocenters. The molecule has 0 radical (unpaired) electrons. The van der Waals surface area contributed by atoms with Crippen molar-refractivity contribution in [1.29, 1.82) is 0 Å². The summed E-state index contributed by atoms with van der Waals surface area (Å²) in [6.07, 6.45) is 0. The minimum absolute atomic E-state index is 0.131. The second-order valence-electron chi connectivity index (χ2n) is 2.49. The average molecular weight is 212 g/mol. The zero-order valence-corrected chi connectivity index (χ0v) is 7.59. The van der Waals surface area contributed by atoms with E-state index in [-0.39, 0.29) is 17.1 Å². The van der Waals surface area contributed by atoms with Crippen LogP contribution in [0.25, 0.3) is 0 Å². The SMILES string of the molecule is COc1cc(N=O)c(N[O-])cc1[N+](=O)[O-]. The maximum atomic E-state index is 10.5. The molecule has 1 rings (SSSR count). The Morgan fingerprint density at radius 3 is 2.60 bits per heavy atom. The van der Waals surface area contributed by atoms with Gasteiger partial charge in [-0.25, -0.2) is 0 Å². The molecule has 0 saturated carbocycles. The molecule has 0 aromatic heterocycles. The molecule has 0 heterocycles. The molecule has 0 aliphatic carbocycles. The molecule has 1 aromatic rings. The third-order valence-electron chi connectivity index (χ3n) is 1.70. The highest BCUT2D eigenvalue weighted by Crippen LogP contribution is 2.37. The van der Waals surface area contributed by atoms with E-state index in [2.05, 4.69) is 9.91 Å². The van der Waals surface area contributed by atoms with E-state index in [0.29, 0.717) is 0 Å². The lowest BCUT2D eigenvalue weighted by Gasteiger charge is -2.11. The van der Waals surface area contributed by atoms with Crippen molar-refractivity contribution in [3.63, 3.8) is 0 Å². The van der Waals surface area contributed by atoms with Crippen molar-refractivity contribution in [2.45, 2.75) is 0 Å².